The number of rotatable bonds is 2. The number of piperidine rings is 1. The molecule has 1 aliphatic heterocycles. The van der Waals surface area contributed by atoms with E-state index in [1.165, 1.54) is 6.20 Å². The Bertz CT molecular complexity index is 735. The minimum Gasteiger partial charge on any atom is -0.457 e. The Balaban J connectivity index is 1.90. The second-order valence-corrected chi connectivity index (χ2v) is 6.34. The van der Waals surface area contributed by atoms with Crippen LogP contribution in [0.2, 0.25) is 0 Å². The molecule has 0 aliphatic carbocycles. The molecule has 0 radical (unpaired) electrons. The highest BCUT2D eigenvalue weighted by Crippen LogP contribution is 2.14. The highest BCUT2D eigenvalue weighted by molar-refractivity contribution is 14.1. The van der Waals surface area contributed by atoms with Gasteiger partial charge in [-0.3, -0.25) is 4.79 Å². The lowest BCUT2D eigenvalue weighted by molar-refractivity contribution is 0.0244. The van der Waals surface area contributed by atoms with E-state index in [9.17, 15) is 9.59 Å². The van der Waals surface area contributed by atoms with Crippen molar-refractivity contribution in [2.45, 2.75) is 18.9 Å². The number of carbonyl (C=O) groups is 1. The Hall–Kier alpha value is -1.41. The molecule has 5 nitrogen and oxygen atoms in total. The number of ether oxygens (including phenoxy) is 1. The van der Waals surface area contributed by atoms with Crippen molar-refractivity contribution in [3.05, 3.63) is 43.8 Å². The molecule has 1 aliphatic rings. The number of benzene rings is 1. The van der Waals surface area contributed by atoms with Crippen molar-refractivity contribution in [2.75, 3.05) is 13.1 Å². The van der Waals surface area contributed by atoms with Crippen molar-refractivity contribution in [3.63, 3.8) is 0 Å². The summed E-state index contributed by atoms with van der Waals surface area (Å²) >= 11 is 2.14. The maximum absolute atomic E-state index is 12.4. The summed E-state index contributed by atoms with van der Waals surface area (Å²) < 4.78 is 6.37. The average Bonchev–Trinajstić information content (AvgIpc) is 2.49. The number of carbonyl (C=O) groups excluding carboxylic acids is 1. The third-order valence-corrected chi connectivity index (χ3v) is 4.26. The standard InChI is InChI=1S/C15H15IN2O3/c16-9-3-4-13-11(6-9)14(19)12(8-18-13)15(20)21-10-2-1-5-17-7-10/h3-4,6,8,10,17H,1-2,5,7H2,(H,18,19). The van der Waals surface area contributed by atoms with E-state index in [4.69, 9.17) is 4.74 Å². The molecule has 2 heterocycles. The van der Waals surface area contributed by atoms with Crippen molar-refractivity contribution in [1.29, 1.82) is 0 Å². The van der Waals surface area contributed by atoms with Crippen molar-refractivity contribution >= 4 is 39.5 Å². The zero-order valence-corrected chi connectivity index (χ0v) is 13.5. The number of hydrogen-bond acceptors (Lipinski definition) is 4. The molecule has 2 N–H and O–H groups in total. The van der Waals surface area contributed by atoms with Gasteiger partial charge in [0.25, 0.3) is 0 Å². The zero-order valence-electron chi connectivity index (χ0n) is 11.3. The predicted octanol–water partition coefficient (Wildman–Crippen LogP) is 2.04. The van der Waals surface area contributed by atoms with Crippen LogP contribution in [0.15, 0.2) is 29.2 Å². The highest BCUT2D eigenvalue weighted by Gasteiger charge is 2.21. The van der Waals surface area contributed by atoms with E-state index in [0.717, 1.165) is 28.5 Å². The van der Waals surface area contributed by atoms with Gasteiger partial charge < -0.3 is 15.0 Å². The van der Waals surface area contributed by atoms with Crippen LogP contribution in [0.25, 0.3) is 10.9 Å². The van der Waals surface area contributed by atoms with Gasteiger partial charge in [-0.25, -0.2) is 4.79 Å². The lowest BCUT2D eigenvalue weighted by atomic mass is 10.1. The van der Waals surface area contributed by atoms with E-state index in [1.54, 1.807) is 6.07 Å². The Morgan fingerprint density at radius 2 is 2.24 bits per heavy atom. The lowest BCUT2D eigenvalue weighted by Crippen LogP contribution is -2.37. The number of H-pyrrole nitrogens is 1. The van der Waals surface area contributed by atoms with Crippen LogP contribution in [-0.2, 0) is 4.74 Å². The second kappa shape index (κ2) is 6.15. The summed E-state index contributed by atoms with van der Waals surface area (Å²) in [5.41, 5.74) is 0.502. The van der Waals surface area contributed by atoms with Gasteiger partial charge in [0.05, 0.1) is 0 Å². The number of aromatic amines is 1. The topological polar surface area (TPSA) is 71.2 Å². The maximum atomic E-state index is 12.4. The number of esters is 1. The van der Waals surface area contributed by atoms with Crippen molar-refractivity contribution < 1.29 is 9.53 Å². The Labute approximate surface area is 135 Å². The number of aromatic nitrogens is 1. The number of pyridine rings is 1. The van der Waals surface area contributed by atoms with E-state index in [1.807, 2.05) is 12.1 Å². The molecule has 1 saturated heterocycles. The summed E-state index contributed by atoms with van der Waals surface area (Å²) in [4.78, 5) is 27.6. The molecule has 0 saturated carbocycles. The number of fused-ring (bicyclic) bond motifs is 1. The zero-order chi connectivity index (χ0) is 14.8. The van der Waals surface area contributed by atoms with Gasteiger partial charge in [0.15, 0.2) is 0 Å². The molecule has 110 valence electrons. The van der Waals surface area contributed by atoms with Gasteiger partial charge in [-0.1, -0.05) is 0 Å². The van der Waals surface area contributed by atoms with E-state index < -0.39 is 5.97 Å². The molecule has 1 unspecified atom stereocenters. The largest absolute Gasteiger partial charge is 0.457 e. The minimum atomic E-state index is -0.550. The Morgan fingerprint density at radius 1 is 1.38 bits per heavy atom. The normalized spacial score (nSPS) is 18.6. The fourth-order valence-corrected chi connectivity index (χ4v) is 2.97. The van der Waals surface area contributed by atoms with E-state index in [2.05, 4.69) is 32.9 Å². The first kappa shape index (κ1) is 14.5. The predicted molar refractivity (Wildman–Crippen MR) is 88.6 cm³/mol. The lowest BCUT2D eigenvalue weighted by Gasteiger charge is -2.22. The van der Waals surface area contributed by atoms with Gasteiger partial charge in [0, 0.05) is 27.2 Å². The van der Waals surface area contributed by atoms with Crippen LogP contribution in [0.5, 0.6) is 0 Å². The number of nitrogens with one attached hydrogen (secondary N) is 2. The molecular formula is C15H15IN2O3. The van der Waals surface area contributed by atoms with Gasteiger partial charge in [-0.15, -0.1) is 0 Å². The molecule has 1 aromatic heterocycles. The number of hydrogen-bond donors (Lipinski definition) is 2. The molecule has 1 fully saturated rings. The van der Waals surface area contributed by atoms with Crippen molar-refractivity contribution in [1.82, 2.24) is 10.3 Å². The van der Waals surface area contributed by atoms with Crippen LogP contribution < -0.4 is 10.7 Å². The summed E-state index contributed by atoms with van der Waals surface area (Å²) in [6.45, 7) is 1.60. The molecule has 6 heteroatoms. The molecular weight excluding hydrogens is 383 g/mol. The van der Waals surface area contributed by atoms with Crippen LogP contribution in [0.4, 0.5) is 0 Å². The minimum absolute atomic E-state index is 0.0649. The highest BCUT2D eigenvalue weighted by atomic mass is 127. The smallest absolute Gasteiger partial charge is 0.343 e. The average molecular weight is 398 g/mol. The maximum Gasteiger partial charge on any atom is 0.343 e. The molecule has 21 heavy (non-hydrogen) atoms. The van der Waals surface area contributed by atoms with Gasteiger partial charge in [0.1, 0.15) is 11.7 Å². The van der Waals surface area contributed by atoms with Crippen molar-refractivity contribution in [2.24, 2.45) is 0 Å². The monoisotopic (exact) mass is 398 g/mol. The first-order chi connectivity index (χ1) is 10.1. The molecule has 2 aromatic rings. The summed E-state index contributed by atoms with van der Waals surface area (Å²) in [5, 5.41) is 3.69. The van der Waals surface area contributed by atoms with E-state index in [0.29, 0.717) is 11.9 Å². The second-order valence-electron chi connectivity index (χ2n) is 5.10. The fourth-order valence-electron chi connectivity index (χ4n) is 2.48. The fraction of sp³-hybridized carbons (Fsp3) is 0.333. The molecule has 1 atom stereocenters. The Kier molecular flexibility index (Phi) is 4.25. The third kappa shape index (κ3) is 3.11. The summed E-state index contributed by atoms with van der Waals surface area (Å²) in [7, 11) is 0. The molecule has 0 amide bonds. The summed E-state index contributed by atoms with van der Waals surface area (Å²) in [6, 6.07) is 5.51. The SMILES string of the molecule is O=C(OC1CCCNC1)c1c[nH]c2ccc(I)cc2c1=O. The first-order valence-electron chi connectivity index (χ1n) is 6.88. The molecule has 3 rings (SSSR count). The Morgan fingerprint density at radius 3 is 3.00 bits per heavy atom. The van der Waals surface area contributed by atoms with Gasteiger partial charge in [-0.2, -0.15) is 0 Å². The van der Waals surface area contributed by atoms with E-state index in [-0.39, 0.29) is 17.1 Å². The first-order valence-corrected chi connectivity index (χ1v) is 7.95. The van der Waals surface area contributed by atoms with Crippen LogP contribution in [-0.4, -0.2) is 30.1 Å². The van der Waals surface area contributed by atoms with Crippen LogP contribution in [0.1, 0.15) is 23.2 Å². The van der Waals surface area contributed by atoms with E-state index >= 15 is 0 Å². The van der Waals surface area contributed by atoms with Crippen LogP contribution in [0.3, 0.4) is 0 Å². The quantitative estimate of drug-likeness (QED) is 0.600. The third-order valence-electron chi connectivity index (χ3n) is 3.59. The van der Waals surface area contributed by atoms with Crippen LogP contribution >= 0.6 is 22.6 Å². The summed E-state index contributed by atoms with van der Waals surface area (Å²) in [6.07, 6.45) is 3.10. The van der Waals surface area contributed by atoms with Gasteiger partial charge in [0.2, 0.25) is 5.43 Å². The van der Waals surface area contributed by atoms with Crippen molar-refractivity contribution in [3.8, 4) is 0 Å². The molecule has 0 spiro atoms. The molecule has 1 aromatic carbocycles. The molecule has 0 bridgehead atoms. The summed E-state index contributed by atoms with van der Waals surface area (Å²) in [5.74, 6) is -0.550. The number of halogens is 1. The van der Waals surface area contributed by atoms with Gasteiger partial charge in [-0.05, 0) is 60.2 Å². The van der Waals surface area contributed by atoms with Gasteiger partial charge >= 0.3 is 5.97 Å². The van der Waals surface area contributed by atoms with Crippen LogP contribution in [0, 0.1) is 3.57 Å².